The summed E-state index contributed by atoms with van der Waals surface area (Å²) in [6.45, 7) is 9.02. The van der Waals surface area contributed by atoms with E-state index in [1.165, 1.54) is 16.2 Å². The molecule has 142 valence electrons. The molecule has 6 heteroatoms. The number of nitriles is 1. The number of carbonyl (C=O) groups excluding carboxylic acids is 1. The van der Waals surface area contributed by atoms with Gasteiger partial charge in [0.25, 0.3) is 0 Å². The van der Waals surface area contributed by atoms with E-state index in [4.69, 9.17) is 4.74 Å². The van der Waals surface area contributed by atoms with E-state index in [0.717, 1.165) is 17.7 Å². The minimum atomic E-state index is -0.137. The van der Waals surface area contributed by atoms with Gasteiger partial charge in [-0.25, -0.2) is 0 Å². The summed E-state index contributed by atoms with van der Waals surface area (Å²) in [5.41, 5.74) is 1.60. The summed E-state index contributed by atoms with van der Waals surface area (Å²) in [6, 6.07) is 11.7. The fourth-order valence-electron chi connectivity index (χ4n) is 3.88. The van der Waals surface area contributed by atoms with Crippen LogP contribution in [-0.2, 0) is 16.8 Å². The topological polar surface area (TPSA) is 78.7 Å². The smallest absolute Gasteiger partial charge is 0.228 e. The molecular weight excluding hydrogens is 358 g/mol. The van der Waals surface area contributed by atoms with Crippen LogP contribution in [0, 0.1) is 11.3 Å². The molecular formula is C21H26N3O2S+. The van der Waals surface area contributed by atoms with Gasteiger partial charge in [0.2, 0.25) is 5.91 Å². The first-order valence-electron chi connectivity index (χ1n) is 9.13. The molecule has 0 saturated carbocycles. The summed E-state index contributed by atoms with van der Waals surface area (Å²) in [6.07, 6.45) is 1.06. The summed E-state index contributed by atoms with van der Waals surface area (Å²) < 4.78 is 5.59. The number of anilines is 1. The van der Waals surface area contributed by atoms with Gasteiger partial charge >= 0.3 is 0 Å². The van der Waals surface area contributed by atoms with E-state index in [1.807, 2.05) is 30.3 Å². The van der Waals surface area contributed by atoms with Crippen LogP contribution in [0.5, 0.6) is 5.75 Å². The molecule has 0 spiro atoms. The molecule has 2 aromatic rings. The number of thiophene rings is 1. The molecule has 0 unspecified atom stereocenters. The zero-order valence-corrected chi connectivity index (χ0v) is 17.1. The maximum Gasteiger partial charge on any atom is 0.228 e. The minimum Gasteiger partial charge on any atom is -0.493 e. The molecule has 1 aliphatic heterocycles. The molecule has 1 aromatic heterocycles. The van der Waals surface area contributed by atoms with Crippen LogP contribution in [0.4, 0.5) is 5.00 Å². The number of nitrogens with one attached hydrogen (secondary N) is 1. The van der Waals surface area contributed by atoms with Crippen molar-refractivity contribution in [3.63, 3.8) is 0 Å². The van der Waals surface area contributed by atoms with Crippen LogP contribution >= 0.6 is 11.3 Å². The van der Waals surface area contributed by atoms with Gasteiger partial charge in [-0.15, -0.1) is 11.3 Å². The third kappa shape index (κ3) is 4.32. The standard InChI is InChI=1S/C21H25N3O2S/c1-20(2)12-15-16(13-22)19(27-18(15)21(3,4)24-20)23-17(25)10-11-26-14-8-6-5-7-9-14/h5-9,24H,10-12H2,1-4H3,(H,23,25)/p+1. The molecule has 0 fully saturated rings. The Morgan fingerprint density at radius 1 is 1.30 bits per heavy atom. The van der Waals surface area contributed by atoms with Gasteiger partial charge in [0.05, 0.1) is 29.0 Å². The second-order valence-corrected chi connectivity index (χ2v) is 9.24. The predicted octanol–water partition coefficient (Wildman–Crippen LogP) is 3.16. The quantitative estimate of drug-likeness (QED) is 0.831. The Bertz CT molecular complexity index is 879. The van der Waals surface area contributed by atoms with Crippen molar-refractivity contribution in [1.29, 1.82) is 5.26 Å². The largest absolute Gasteiger partial charge is 0.493 e. The average molecular weight is 385 g/mol. The van der Waals surface area contributed by atoms with Gasteiger partial charge in [0, 0.05) is 6.42 Å². The molecule has 3 rings (SSSR count). The maximum absolute atomic E-state index is 12.4. The Morgan fingerprint density at radius 3 is 2.67 bits per heavy atom. The van der Waals surface area contributed by atoms with Gasteiger partial charge < -0.3 is 15.4 Å². The highest BCUT2D eigenvalue weighted by atomic mass is 32.1. The highest BCUT2D eigenvalue weighted by molar-refractivity contribution is 7.16. The van der Waals surface area contributed by atoms with Crippen LogP contribution in [-0.4, -0.2) is 18.1 Å². The fourth-order valence-corrected chi connectivity index (χ4v) is 5.14. The number of para-hydroxylation sites is 1. The second-order valence-electron chi connectivity index (χ2n) is 8.22. The van der Waals surface area contributed by atoms with Crippen molar-refractivity contribution >= 4 is 22.2 Å². The van der Waals surface area contributed by atoms with Gasteiger partial charge in [-0.2, -0.15) is 5.26 Å². The van der Waals surface area contributed by atoms with Crippen LogP contribution in [0.25, 0.3) is 0 Å². The molecule has 0 saturated heterocycles. The highest BCUT2D eigenvalue weighted by Gasteiger charge is 2.44. The van der Waals surface area contributed by atoms with E-state index in [0.29, 0.717) is 17.2 Å². The Kier molecular flexibility index (Phi) is 5.27. The van der Waals surface area contributed by atoms with Gasteiger partial charge in [0.15, 0.2) is 0 Å². The Morgan fingerprint density at radius 2 is 2.00 bits per heavy atom. The number of benzene rings is 1. The Labute approximate surface area is 164 Å². The lowest BCUT2D eigenvalue weighted by Gasteiger charge is -2.38. The van der Waals surface area contributed by atoms with Gasteiger partial charge in [-0.3, -0.25) is 4.79 Å². The molecule has 0 bridgehead atoms. The number of nitrogens with zero attached hydrogens (tertiary/aromatic N) is 1. The number of quaternary nitrogens is 1. The van der Waals surface area contributed by atoms with E-state index in [-0.39, 0.29) is 23.4 Å². The summed E-state index contributed by atoms with van der Waals surface area (Å²) >= 11 is 1.53. The molecule has 3 N–H and O–H groups in total. The normalized spacial score (nSPS) is 16.9. The molecule has 1 aromatic carbocycles. The van der Waals surface area contributed by atoms with Crippen molar-refractivity contribution in [3.05, 3.63) is 46.3 Å². The maximum atomic E-state index is 12.4. The summed E-state index contributed by atoms with van der Waals surface area (Å²) in [7, 11) is 0. The number of carbonyl (C=O) groups is 1. The first-order chi connectivity index (χ1) is 12.7. The van der Waals surface area contributed by atoms with E-state index >= 15 is 0 Å². The highest BCUT2D eigenvalue weighted by Crippen LogP contribution is 2.41. The number of hydrogen-bond donors (Lipinski definition) is 2. The molecule has 0 atom stereocenters. The number of hydrogen-bond acceptors (Lipinski definition) is 4. The SMILES string of the molecule is CC1(C)Cc2c(sc(NC(=O)CCOc3ccccc3)c2C#N)C(C)(C)[NH2+]1. The van der Waals surface area contributed by atoms with Crippen LogP contribution in [0.1, 0.15) is 50.1 Å². The van der Waals surface area contributed by atoms with Crippen molar-refractivity contribution in [2.75, 3.05) is 11.9 Å². The Hall–Kier alpha value is -2.36. The van der Waals surface area contributed by atoms with Crippen molar-refractivity contribution in [2.45, 2.75) is 51.6 Å². The summed E-state index contributed by atoms with van der Waals surface area (Å²) in [5, 5.41) is 15.7. The van der Waals surface area contributed by atoms with Crippen LogP contribution in [0.2, 0.25) is 0 Å². The van der Waals surface area contributed by atoms with Crippen LogP contribution in [0.15, 0.2) is 30.3 Å². The minimum absolute atomic E-state index is 0.0218. The number of ether oxygens (including phenoxy) is 1. The lowest BCUT2D eigenvalue weighted by molar-refractivity contribution is -0.789. The van der Waals surface area contributed by atoms with Crippen LogP contribution in [0.3, 0.4) is 0 Å². The average Bonchev–Trinajstić information content (AvgIpc) is 2.91. The number of fused-ring (bicyclic) bond motifs is 1. The van der Waals surface area contributed by atoms with Gasteiger partial charge in [0.1, 0.15) is 22.4 Å². The number of nitrogens with two attached hydrogens (primary N) is 1. The van der Waals surface area contributed by atoms with E-state index in [1.54, 1.807) is 0 Å². The zero-order chi connectivity index (χ0) is 19.7. The van der Waals surface area contributed by atoms with Gasteiger partial charge in [-0.05, 0) is 45.4 Å². The molecule has 0 radical (unpaired) electrons. The molecule has 5 nitrogen and oxygen atoms in total. The monoisotopic (exact) mass is 384 g/mol. The first kappa shape index (κ1) is 19.4. The van der Waals surface area contributed by atoms with Crippen molar-refractivity contribution in [1.82, 2.24) is 0 Å². The molecule has 27 heavy (non-hydrogen) atoms. The fraction of sp³-hybridized carbons (Fsp3) is 0.429. The zero-order valence-electron chi connectivity index (χ0n) is 16.3. The second kappa shape index (κ2) is 7.34. The third-order valence-corrected chi connectivity index (χ3v) is 6.17. The van der Waals surface area contributed by atoms with Crippen molar-refractivity contribution in [2.24, 2.45) is 0 Å². The molecule has 2 heterocycles. The third-order valence-electron chi connectivity index (χ3n) is 4.68. The molecule has 1 amide bonds. The lowest BCUT2D eigenvalue weighted by Crippen LogP contribution is -3.03. The van der Waals surface area contributed by atoms with Crippen molar-refractivity contribution in [3.8, 4) is 11.8 Å². The predicted molar refractivity (Wildman–Crippen MR) is 107 cm³/mol. The van der Waals surface area contributed by atoms with E-state index in [2.05, 4.69) is 44.4 Å². The first-order valence-corrected chi connectivity index (χ1v) is 9.94. The number of amides is 1. The van der Waals surface area contributed by atoms with E-state index in [9.17, 15) is 10.1 Å². The number of rotatable bonds is 5. The van der Waals surface area contributed by atoms with Crippen LogP contribution < -0.4 is 15.4 Å². The molecule has 1 aliphatic rings. The summed E-state index contributed by atoms with van der Waals surface area (Å²) in [5.74, 6) is 0.608. The van der Waals surface area contributed by atoms with Gasteiger partial charge in [-0.1, -0.05) is 18.2 Å². The van der Waals surface area contributed by atoms with E-state index < -0.39 is 0 Å². The lowest BCUT2D eigenvalue weighted by atomic mass is 9.81. The van der Waals surface area contributed by atoms with Crippen molar-refractivity contribution < 1.29 is 14.8 Å². The summed E-state index contributed by atoms with van der Waals surface area (Å²) in [4.78, 5) is 13.5. The Balaban J connectivity index is 1.71. The molecule has 0 aliphatic carbocycles.